The number of rotatable bonds is 8. The minimum absolute atomic E-state index is 0.0512. The van der Waals surface area contributed by atoms with Crippen molar-refractivity contribution < 1.29 is 18.0 Å². The second kappa shape index (κ2) is 10.5. The van der Waals surface area contributed by atoms with Crippen LogP contribution in [0.15, 0.2) is 47.4 Å². The van der Waals surface area contributed by atoms with Gasteiger partial charge in [0.15, 0.2) is 0 Å². The predicted molar refractivity (Wildman–Crippen MR) is 126 cm³/mol. The predicted octanol–water partition coefficient (Wildman–Crippen LogP) is 4.30. The number of carbonyl (C=O) groups excluding carboxylic acids is 2. The molecule has 0 radical (unpaired) electrons. The lowest BCUT2D eigenvalue weighted by atomic mass is 10.1. The summed E-state index contributed by atoms with van der Waals surface area (Å²) in [6.45, 7) is 4.92. The van der Waals surface area contributed by atoms with Crippen molar-refractivity contribution in [3.63, 3.8) is 0 Å². The Hall–Kier alpha value is -2.42. The monoisotopic (exact) mass is 477 g/mol. The Kier molecular flexibility index (Phi) is 7.92. The molecule has 172 valence electrons. The molecule has 1 aliphatic carbocycles. The zero-order valence-corrected chi connectivity index (χ0v) is 19.8. The fourth-order valence-corrected chi connectivity index (χ4v) is 5.40. The van der Waals surface area contributed by atoms with Crippen molar-refractivity contribution in [3.8, 4) is 0 Å². The van der Waals surface area contributed by atoms with Gasteiger partial charge in [0.1, 0.15) is 0 Å². The third-order valence-corrected chi connectivity index (χ3v) is 7.42. The van der Waals surface area contributed by atoms with E-state index in [1.54, 1.807) is 23.1 Å². The highest BCUT2D eigenvalue weighted by Crippen LogP contribution is 2.24. The van der Waals surface area contributed by atoms with E-state index in [-0.39, 0.29) is 27.4 Å². The van der Waals surface area contributed by atoms with Crippen LogP contribution in [-0.2, 0) is 10.0 Å². The largest absolute Gasteiger partial charge is 0.339 e. The molecule has 1 fully saturated rings. The molecule has 2 aromatic rings. The summed E-state index contributed by atoms with van der Waals surface area (Å²) >= 11 is 6.29. The molecule has 0 spiro atoms. The molecule has 0 aromatic heterocycles. The van der Waals surface area contributed by atoms with E-state index in [0.717, 1.165) is 25.7 Å². The molecule has 0 atom stereocenters. The van der Waals surface area contributed by atoms with Crippen molar-refractivity contribution in [3.05, 3.63) is 58.6 Å². The Morgan fingerprint density at radius 3 is 2.38 bits per heavy atom. The molecule has 0 heterocycles. The zero-order valence-electron chi connectivity index (χ0n) is 18.2. The number of hydrogen-bond donors (Lipinski definition) is 2. The second-order valence-electron chi connectivity index (χ2n) is 7.76. The Bertz CT molecular complexity index is 1090. The Morgan fingerprint density at radius 1 is 1.06 bits per heavy atom. The van der Waals surface area contributed by atoms with Crippen molar-refractivity contribution in [2.24, 2.45) is 0 Å². The molecule has 32 heavy (non-hydrogen) atoms. The molecule has 2 N–H and O–H groups in total. The quantitative estimate of drug-likeness (QED) is 0.592. The first-order chi connectivity index (χ1) is 15.2. The van der Waals surface area contributed by atoms with Gasteiger partial charge in [-0.25, -0.2) is 13.1 Å². The third-order valence-electron chi connectivity index (χ3n) is 5.59. The van der Waals surface area contributed by atoms with E-state index < -0.39 is 15.9 Å². The van der Waals surface area contributed by atoms with E-state index in [0.29, 0.717) is 24.3 Å². The summed E-state index contributed by atoms with van der Waals surface area (Å²) in [7, 11) is -3.70. The van der Waals surface area contributed by atoms with Gasteiger partial charge in [0.2, 0.25) is 10.0 Å². The average molecular weight is 478 g/mol. The van der Waals surface area contributed by atoms with Gasteiger partial charge in [0.25, 0.3) is 11.8 Å². The van der Waals surface area contributed by atoms with Crippen molar-refractivity contribution in [1.29, 1.82) is 0 Å². The lowest BCUT2D eigenvalue weighted by Crippen LogP contribution is -2.32. The third kappa shape index (κ3) is 5.68. The number of sulfonamides is 1. The lowest BCUT2D eigenvalue weighted by molar-refractivity contribution is 0.0773. The maximum Gasteiger partial charge on any atom is 0.255 e. The summed E-state index contributed by atoms with van der Waals surface area (Å²) in [6, 6.07) is 10.5. The Labute approximate surface area is 194 Å². The molecule has 0 saturated heterocycles. The molecular formula is C23H28ClN3O4S. The van der Waals surface area contributed by atoms with Gasteiger partial charge in [-0.1, -0.05) is 30.5 Å². The summed E-state index contributed by atoms with van der Waals surface area (Å²) in [5.41, 5.74) is 0.978. The SMILES string of the molecule is CCN(CC)C(=O)c1ccc(NC(=O)c2cccc(S(=O)(=O)NC3CCCC3)c2)cc1Cl. The second-order valence-corrected chi connectivity index (χ2v) is 9.88. The van der Waals surface area contributed by atoms with Crippen LogP contribution in [-0.4, -0.2) is 44.3 Å². The topological polar surface area (TPSA) is 95.6 Å². The number of benzene rings is 2. The van der Waals surface area contributed by atoms with Crippen LogP contribution in [0.2, 0.25) is 5.02 Å². The maximum absolute atomic E-state index is 12.7. The highest BCUT2D eigenvalue weighted by molar-refractivity contribution is 7.89. The van der Waals surface area contributed by atoms with Crippen molar-refractivity contribution in [2.75, 3.05) is 18.4 Å². The van der Waals surface area contributed by atoms with Gasteiger partial charge in [0, 0.05) is 30.4 Å². The van der Waals surface area contributed by atoms with Crippen LogP contribution >= 0.6 is 11.6 Å². The van der Waals surface area contributed by atoms with Gasteiger partial charge < -0.3 is 10.2 Å². The number of amides is 2. The highest BCUT2D eigenvalue weighted by Gasteiger charge is 2.24. The Morgan fingerprint density at radius 2 is 1.75 bits per heavy atom. The van der Waals surface area contributed by atoms with Crippen LogP contribution in [0.4, 0.5) is 5.69 Å². The molecule has 2 amide bonds. The van der Waals surface area contributed by atoms with Gasteiger partial charge in [-0.05, 0) is 63.1 Å². The van der Waals surface area contributed by atoms with Crippen LogP contribution in [0, 0.1) is 0 Å². The van der Waals surface area contributed by atoms with Crippen LogP contribution in [0.3, 0.4) is 0 Å². The van der Waals surface area contributed by atoms with Crippen molar-refractivity contribution in [2.45, 2.75) is 50.5 Å². The van der Waals surface area contributed by atoms with E-state index in [1.165, 1.54) is 24.3 Å². The minimum atomic E-state index is -3.70. The van der Waals surface area contributed by atoms with E-state index in [4.69, 9.17) is 11.6 Å². The first-order valence-electron chi connectivity index (χ1n) is 10.8. The summed E-state index contributed by atoms with van der Waals surface area (Å²) in [6.07, 6.45) is 3.68. The van der Waals surface area contributed by atoms with Crippen molar-refractivity contribution >= 4 is 39.1 Å². The van der Waals surface area contributed by atoms with Gasteiger partial charge in [-0.3, -0.25) is 9.59 Å². The van der Waals surface area contributed by atoms with Gasteiger partial charge in [-0.15, -0.1) is 0 Å². The van der Waals surface area contributed by atoms with E-state index in [1.807, 2.05) is 13.8 Å². The summed E-state index contributed by atoms with van der Waals surface area (Å²) in [4.78, 5) is 27.0. The van der Waals surface area contributed by atoms with E-state index >= 15 is 0 Å². The highest BCUT2D eigenvalue weighted by atomic mass is 35.5. The number of nitrogens with zero attached hydrogens (tertiary/aromatic N) is 1. The average Bonchev–Trinajstić information content (AvgIpc) is 3.27. The van der Waals surface area contributed by atoms with Crippen LogP contribution in [0.5, 0.6) is 0 Å². The normalized spacial score (nSPS) is 14.3. The first-order valence-corrected chi connectivity index (χ1v) is 12.6. The van der Waals surface area contributed by atoms with Gasteiger partial charge in [0.05, 0.1) is 15.5 Å². The number of carbonyl (C=O) groups is 2. The van der Waals surface area contributed by atoms with E-state index in [9.17, 15) is 18.0 Å². The smallest absolute Gasteiger partial charge is 0.255 e. The van der Waals surface area contributed by atoms with Crippen LogP contribution in [0.25, 0.3) is 0 Å². The molecule has 2 aromatic carbocycles. The molecule has 1 saturated carbocycles. The standard InChI is InChI=1S/C23H28ClN3O4S/c1-3-27(4-2)23(29)20-13-12-18(15-21(20)24)25-22(28)16-8-7-11-19(14-16)32(30,31)26-17-9-5-6-10-17/h7-8,11-15,17,26H,3-6,9-10H2,1-2H3,(H,25,28). The molecule has 0 bridgehead atoms. The molecule has 1 aliphatic rings. The molecular weight excluding hydrogens is 450 g/mol. The Balaban J connectivity index is 1.74. The molecule has 9 heteroatoms. The minimum Gasteiger partial charge on any atom is -0.339 e. The number of nitrogens with one attached hydrogen (secondary N) is 2. The van der Waals surface area contributed by atoms with E-state index in [2.05, 4.69) is 10.0 Å². The van der Waals surface area contributed by atoms with Crippen LogP contribution < -0.4 is 10.0 Å². The molecule has 7 nitrogen and oxygen atoms in total. The van der Waals surface area contributed by atoms with Crippen molar-refractivity contribution in [1.82, 2.24) is 9.62 Å². The first kappa shape index (κ1) is 24.2. The zero-order chi connectivity index (χ0) is 23.3. The summed E-state index contributed by atoms with van der Waals surface area (Å²) in [5, 5.41) is 2.94. The number of hydrogen-bond acceptors (Lipinski definition) is 4. The fraction of sp³-hybridized carbons (Fsp3) is 0.391. The summed E-state index contributed by atoms with van der Waals surface area (Å²) < 4.78 is 28.1. The maximum atomic E-state index is 12.7. The molecule has 0 aliphatic heterocycles. The van der Waals surface area contributed by atoms with Crippen LogP contribution in [0.1, 0.15) is 60.2 Å². The molecule has 0 unspecified atom stereocenters. The summed E-state index contributed by atoms with van der Waals surface area (Å²) in [5.74, 6) is -0.646. The number of anilines is 1. The van der Waals surface area contributed by atoms with Gasteiger partial charge >= 0.3 is 0 Å². The molecule has 3 rings (SSSR count). The lowest BCUT2D eigenvalue weighted by Gasteiger charge is -2.19. The number of halogens is 1. The fourth-order valence-electron chi connectivity index (χ4n) is 3.79. The van der Waals surface area contributed by atoms with Gasteiger partial charge in [-0.2, -0.15) is 0 Å².